The third-order valence-corrected chi connectivity index (χ3v) is 7.39. The molecule has 2 amide bonds. The van der Waals surface area contributed by atoms with Crippen molar-refractivity contribution in [3.63, 3.8) is 0 Å². The van der Waals surface area contributed by atoms with E-state index in [9.17, 15) is 14.4 Å². The third-order valence-electron chi connectivity index (χ3n) is 7.39. The van der Waals surface area contributed by atoms with Gasteiger partial charge in [0.05, 0.1) is 18.4 Å². The molecule has 0 bridgehead atoms. The number of aliphatic carboxylic acids is 1. The highest BCUT2D eigenvalue weighted by atomic mass is 16.5. The Labute approximate surface area is 197 Å². The van der Waals surface area contributed by atoms with E-state index in [1.165, 1.54) is 18.2 Å². The normalized spacial score (nSPS) is 23.0. The summed E-state index contributed by atoms with van der Waals surface area (Å²) in [6.45, 7) is 1.34. The lowest BCUT2D eigenvalue weighted by Gasteiger charge is -2.22. The van der Waals surface area contributed by atoms with Crippen LogP contribution in [0, 0.1) is 17.8 Å². The summed E-state index contributed by atoms with van der Waals surface area (Å²) in [4.78, 5) is 37.8. The van der Waals surface area contributed by atoms with Crippen molar-refractivity contribution < 1.29 is 29.0 Å². The van der Waals surface area contributed by atoms with Crippen molar-refractivity contribution in [2.75, 3.05) is 33.4 Å². The minimum absolute atomic E-state index is 0.0193. The molecule has 2 aliphatic carbocycles. The largest absolute Gasteiger partial charge is 0.481 e. The predicted molar refractivity (Wildman–Crippen MR) is 123 cm³/mol. The van der Waals surface area contributed by atoms with Gasteiger partial charge in [-0.05, 0) is 34.1 Å². The molecule has 4 atom stereocenters. The van der Waals surface area contributed by atoms with E-state index in [4.69, 9.17) is 14.6 Å². The number of nitrogens with one attached hydrogen (secondary N) is 1. The second kappa shape index (κ2) is 9.10. The average Bonchev–Trinajstić information content (AvgIpc) is 3.20. The Balaban J connectivity index is 1.10. The molecule has 2 aromatic rings. The van der Waals surface area contributed by atoms with E-state index in [-0.39, 0.29) is 49.2 Å². The van der Waals surface area contributed by atoms with Gasteiger partial charge >= 0.3 is 12.1 Å². The first-order valence-corrected chi connectivity index (χ1v) is 11.6. The average molecular weight is 465 g/mol. The molecule has 3 aliphatic rings. The lowest BCUT2D eigenvalue weighted by Crippen LogP contribution is -2.39. The molecule has 1 saturated heterocycles. The Morgan fingerprint density at radius 1 is 1.03 bits per heavy atom. The number of hydrogen-bond acceptors (Lipinski definition) is 5. The Morgan fingerprint density at radius 2 is 1.62 bits per heavy atom. The maximum atomic E-state index is 12.6. The highest BCUT2D eigenvalue weighted by molar-refractivity contribution is 5.80. The minimum atomic E-state index is -0.774. The van der Waals surface area contributed by atoms with Crippen LogP contribution in [0.1, 0.15) is 23.5 Å². The van der Waals surface area contributed by atoms with E-state index in [1.807, 2.05) is 24.3 Å². The Hall–Kier alpha value is -3.39. The number of ether oxygens (including phenoxy) is 2. The Morgan fingerprint density at radius 3 is 2.18 bits per heavy atom. The molecule has 1 saturated carbocycles. The van der Waals surface area contributed by atoms with Crippen LogP contribution < -0.4 is 5.32 Å². The monoisotopic (exact) mass is 464 g/mol. The Kier molecular flexibility index (Phi) is 6.00. The number of rotatable bonds is 8. The van der Waals surface area contributed by atoms with E-state index < -0.39 is 18.2 Å². The van der Waals surface area contributed by atoms with Crippen LogP contribution in [0.5, 0.6) is 0 Å². The van der Waals surface area contributed by atoms with E-state index in [1.54, 1.807) is 4.90 Å². The number of benzene rings is 2. The van der Waals surface area contributed by atoms with Gasteiger partial charge in [0.2, 0.25) is 5.91 Å². The topological polar surface area (TPSA) is 105 Å². The van der Waals surface area contributed by atoms with Crippen molar-refractivity contribution in [1.82, 2.24) is 10.2 Å². The summed E-state index contributed by atoms with van der Waals surface area (Å²) in [5.41, 5.74) is 4.62. The van der Waals surface area contributed by atoms with Gasteiger partial charge in [-0.15, -0.1) is 0 Å². The number of amides is 2. The Bertz CT molecular complexity index is 1060. The van der Waals surface area contributed by atoms with Crippen molar-refractivity contribution in [3.05, 3.63) is 59.7 Å². The third kappa shape index (κ3) is 4.14. The van der Waals surface area contributed by atoms with Crippen LogP contribution in [-0.2, 0) is 19.1 Å². The number of nitrogens with zero attached hydrogens (tertiary/aromatic N) is 1. The fourth-order valence-corrected chi connectivity index (χ4v) is 5.51. The quantitative estimate of drug-likeness (QED) is 0.623. The number of likely N-dealkylation sites (tertiary alicyclic amines) is 1. The molecule has 2 N–H and O–H groups in total. The number of carbonyl (C=O) groups is 3. The van der Waals surface area contributed by atoms with Gasteiger partial charge in [-0.2, -0.15) is 0 Å². The van der Waals surface area contributed by atoms with Crippen LogP contribution in [0.4, 0.5) is 4.79 Å². The first-order valence-electron chi connectivity index (χ1n) is 11.6. The minimum Gasteiger partial charge on any atom is -0.481 e. The molecule has 178 valence electrons. The second-order valence-electron chi connectivity index (χ2n) is 9.26. The van der Waals surface area contributed by atoms with Gasteiger partial charge in [0, 0.05) is 32.7 Å². The molecule has 1 heterocycles. The molecule has 5 rings (SSSR count). The number of piperidine rings is 1. The first kappa shape index (κ1) is 22.4. The smallest absolute Gasteiger partial charge is 0.407 e. The lowest BCUT2D eigenvalue weighted by atomic mass is 9.98. The van der Waals surface area contributed by atoms with E-state index in [2.05, 4.69) is 29.6 Å². The molecular weight excluding hydrogens is 436 g/mol. The molecule has 8 heteroatoms. The molecule has 2 unspecified atom stereocenters. The molecule has 0 aromatic heterocycles. The number of hydrogen-bond donors (Lipinski definition) is 2. The van der Waals surface area contributed by atoms with Crippen LogP contribution >= 0.6 is 0 Å². The van der Waals surface area contributed by atoms with Crippen LogP contribution in [0.2, 0.25) is 0 Å². The summed E-state index contributed by atoms with van der Waals surface area (Å²) >= 11 is 0. The van der Waals surface area contributed by atoms with Gasteiger partial charge in [0.25, 0.3) is 0 Å². The van der Waals surface area contributed by atoms with E-state index >= 15 is 0 Å². The zero-order chi connectivity index (χ0) is 23.8. The van der Waals surface area contributed by atoms with Crippen LogP contribution in [-0.4, -0.2) is 67.4 Å². The lowest BCUT2D eigenvalue weighted by molar-refractivity contribution is -0.141. The molecule has 0 radical (unpaired) electrons. The summed E-state index contributed by atoms with van der Waals surface area (Å²) in [7, 11) is 1.50. The SMILES string of the molecule is COC(CNC(=O)OCC1c2ccccc2-c2ccccc21)CC(=O)N1C[C@@H]2C(C(=O)O)[C@@H]2C1. The number of carboxylic acid groups (broad SMARTS) is 1. The van der Waals surface area contributed by atoms with Gasteiger partial charge in [0.1, 0.15) is 6.61 Å². The summed E-state index contributed by atoms with van der Waals surface area (Å²) in [6, 6.07) is 16.3. The number of carbonyl (C=O) groups excluding carboxylic acids is 2. The molecule has 8 nitrogen and oxygen atoms in total. The highest BCUT2D eigenvalue weighted by Crippen LogP contribution is 2.51. The fourth-order valence-electron chi connectivity index (χ4n) is 5.51. The van der Waals surface area contributed by atoms with Crippen molar-refractivity contribution in [2.24, 2.45) is 17.8 Å². The molecule has 2 aromatic carbocycles. The van der Waals surface area contributed by atoms with Crippen LogP contribution in [0.3, 0.4) is 0 Å². The predicted octanol–water partition coefficient (Wildman–Crippen LogP) is 2.72. The summed E-state index contributed by atoms with van der Waals surface area (Å²) in [5.74, 6) is -1.05. The van der Waals surface area contributed by atoms with Crippen molar-refractivity contribution in [3.8, 4) is 11.1 Å². The highest BCUT2D eigenvalue weighted by Gasteiger charge is 2.60. The molecule has 1 aliphatic heterocycles. The fraction of sp³-hybridized carbons (Fsp3) is 0.423. The molecule has 0 spiro atoms. The number of methoxy groups -OCH3 is 1. The molecule has 34 heavy (non-hydrogen) atoms. The van der Waals surface area contributed by atoms with Gasteiger partial charge in [0.15, 0.2) is 0 Å². The first-order chi connectivity index (χ1) is 16.5. The van der Waals surface area contributed by atoms with Crippen molar-refractivity contribution in [2.45, 2.75) is 18.4 Å². The van der Waals surface area contributed by atoms with Crippen molar-refractivity contribution >= 4 is 18.0 Å². The zero-order valence-corrected chi connectivity index (χ0v) is 19.0. The van der Waals surface area contributed by atoms with Gasteiger partial charge < -0.3 is 24.8 Å². The second-order valence-corrected chi connectivity index (χ2v) is 9.26. The maximum Gasteiger partial charge on any atom is 0.407 e. The van der Waals surface area contributed by atoms with Crippen LogP contribution in [0.15, 0.2) is 48.5 Å². The molecule has 2 fully saturated rings. The van der Waals surface area contributed by atoms with Gasteiger partial charge in [-0.3, -0.25) is 9.59 Å². The van der Waals surface area contributed by atoms with E-state index in [0.717, 1.165) is 11.1 Å². The maximum absolute atomic E-state index is 12.6. The molecular formula is C26H28N2O6. The standard InChI is InChI=1S/C26H28N2O6/c1-33-15(10-23(29)28-12-20-21(13-28)24(20)25(30)31)11-27-26(32)34-14-22-18-8-4-2-6-16(18)17-7-3-5-9-19(17)22/h2-9,15,20-22,24H,10-14H2,1H3,(H,27,32)(H,30,31)/t15?,20-,21+,24?. The summed E-state index contributed by atoms with van der Waals surface area (Å²) in [6.07, 6.45) is -0.916. The van der Waals surface area contributed by atoms with Gasteiger partial charge in [-0.1, -0.05) is 48.5 Å². The van der Waals surface area contributed by atoms with Gasteiger partial charge in [-0.25, -0.2) is 4.79 Å². The zero-order valence-electron chi connectivity index (χ0n) is 19.0. The number of fused-ring (bicyclic) bond motifs is 4. The number of alkyl carbamates (subject to hydrolysis) is 1. The summed E-state index contributed by atoms with van der Waals surface area (Å²) < 4.78 is 10.9. The van der Waals surface area contributed by atoms with Crippen LogP contribution in [0.25, 0.3) is 11.1 Å². The summed E-state index contributed by atoms with van der Waals surface area (Å²) in [5, 5.41) is 11.8. The van der Waals surface area contributed by atoms with Crippen molar-refractivity contribution in [1.29, 1.82) is 0 Å². The number of carboxylic acids is 1. The van der Waals surface area contributed by atoms with E-state index in [0.29, 0.717) is 13.1 Å².